The molecular weight excluding hydrogens is 1020 g/mol. The van der Waals surface area contributed by atoms with E-state index in [0.29, 0.717) is 6.04 Å². The van der Waals surface area contributed by atoms with Crippen LogP contribution in [-0.2, 0) is 52.4 Å². The van der Waals surface area contributed by atoms with Crippen LogP contribution in [0.2, 0.25) is 0 Å². The summed E-state index contributed by atoms with van der Waals surface area (Å²) in [5.74, 6) is 1.49. The van der Waals surface area contributed by atoms with Crippen LogP contribution in [-0.4, -0.2) is 97.9 Å². The molecule has 8 aromatic carbocycles. The van der Waals surface area contributed by atoms with E-state index >= 15 is 0 Å². The lowest BCUT2D eigenvalue weighted by Gasteiger charge is -2.20. The molecule has 0 aliphatic carbocycles. The standard InChI is InChI=1S/2C16H19N.C13H21N.C12H19N.C11H17N.C9H13N.CH4/c2*1-14-8-10-16(11-9-14)13-17(2)12-15-6-4-3-5-7-15;1-11(2)9-14(4)10-13-7-5-12(3)6-8-13;1-11(2)9-13(3)10-12-7-5-4-6-8-12;1-10(2)12(3)9-11-7-5-4-6-8-11;1-10(2)8-9-6-4-3-5-7-9;/h2*3-11H,12-13H2,1-2H3;5-8,11H,9-10H2,1-4H3;4-8,11H,9-10H2,1-3H3;4-8,10H,9H2,1-3H3;3-7H,8H2,1-2H3;1H4. The number of aryl methyl sites for hydroxylation is 3. The fourth-order valence-electron chi connectivity index (χ4n) is 9.19. The topological polar surface area (TPSA) is 19.4 Å². The molecule has 8 rings (SSSR count). The lowest BCUT2D eigenvalue weighted by molar-refractivity contribution is 0.266. The zero-order valence-corrected chi connectivity index (χ0v) is 54.3. The van der Waals surface area contributed by atoms with Crippen LogP contribution >= 0.6 is 0 Å². The molecule has 0 heterocycles. The third-order valence-electron chi connectivity index (χ3n) is 13.5. The van der Waals surface area contributed by atoms with Crippen molar-refractivity contribution in [2.24, 2.45) is 11.8 Å². The van der Waals surface area contributed by atoms with Gasteiger partial charge in [-0.2, -0.15) is 0 Å². The first-order valence-corrected chi connectivity index (χ1v) is 30.2. The summed E-state index contributed by atoms with van der Waals surface area (Å²) >= 11 is 0. The maximum Gasteiger partial charge on any atom is 0.0234 e. The Morgan fingerprint density at radius 3 is 0.667 bits per heavy atom. The van der Waals surface area contributed by atoms with E-state index in [-0.39, 0.29) is 7.43 Å². The van der Waals surface area contributed by atoms with E-state index in [4.69, 9.17) is 0 Å². The van der Waals surface area contributed by atoms with Gasteiger partial charge in [-0.3, -0.25) is 14.7 Å². The first-order chi connectivity index (χ1) is 39.7. The van der Waals surface area contributed by atoms with Crippen LogP contribution in [0.25, 0.3) is 0 Å². The minimum absolute atomic E-state index is 0. The summed E-state index contributed by atoms with van der Waals surface area (Å²) in [5.41, 5.74) is 15.0. The van der Waals surface area contributed by atoms with E-state index in [9.17, 15) is 0 Å². The van der Waals surface area contributed by atoms with Gasteiger partial charge in [0.15, 0.2) is 0 Å². The minimum atomic E-state index is 0. The van der Waals surface area contributed by atoms with Crippen molar-refractivity contribution in [1.29, 1.82) is 0 Å². The highest BCUT2D eigenvalue weighted by atomic mass is 15.1. The van der Waals surface area contributed by atoms with Crippen LogP contribution in [0.5, 0.6) is 0 Å². The van der Waals surface area contributed by atoms with Crippen molar-refractivity contribution in [2.75, 3.05) is 62.4 Å². The number of benzene rings is 8. The van der Waals surface area contributed by atoms with E-state index in [1.165, 1.54) is 61.2 Å². The Morgan fingerprint density at radius 2 is 0.452 bits per heavy atom. The van der Waals surface area contributed by atoms with Gasteiger partial charge in [-0.05, 0) is 140 Å². The molecule has 0 spiro atoms. The summed E-state index contributed by atoms with van der Waals surface area (Å²) in [5, 5.41) is 0. The van der Waals surface area contributed by atoms with E-state index in [0.717, 1.165) is 77.3 Å². The monoisotopic (exact) mass is 1130 g/mol. The predicted molar refractivity (Wildman–Crippen MR) is 369 cm³/mol. The van der Waals surface area contributed by atoms with Crippen molar-refractivity contribution in [1.82, 2.24) is 29.4 Å². The Morgan fingerprint density at radius 1 is 0.250 bits per heavy atom. The van der Waals surface area contributed by atoms with Crippen LogP contribution in [0.4, 0.5) is 0 Å². The lowest BCUT2D eigenvalue weighted by Crippen LogP contribution is -2.25. The van der Waals surface area contributed by atoms with Gasteiger partial charge in [0.25, 0.3) is 0 Å². The van der Waals surface area contributed by atoms with Gasteiger partial charge in [-0.15, -0.1) is 0 Å². The molecule has 0 aliphatic rings. The summed E-state index contributed by atoms with van der Waals surface area (Å²) in [7, 11) is 15.0. The number of hydrogen-bond donors (Lipinski definition) is 0. The number of hydrogen-bond acceptors (Lipinski definition) is 6. The van der Waals surface area contributed by atoms with Gasteiger partial charge in [0.1, 0.15) is 0 Å². The number of nitrogens with zero attached hydrogens (tertiary/aromatic N) is 6. The predicted octanol–water partition coefficient (Wildman–Crippen LogP) is 18.0. The van der Waals surface area contributed by atoms with Crippen LogP contribution in [0, 0.1) is 32.6 Å². The Bertz CT molecular complexity index is 2670. The first-order valence-electron chi connectivity index (χ1n) is 30.2. The molecule has 0 aliphatic heterocycles. The summed E-state index contributed by atoms with van der Waals surface area (Å²) in [6.45, 7) is 30.3. The van der Waals surface area contributed by atoms with Gasteiger partial charge in [0.2, 0.25) is 0 Å². The second kappa shape index (κ2) is 43.2. The zero-order valence-electron chi connectivity index (χ0n) is 54.3. The average Bonchev–Trinajstić information content (AvgIpc) is 3.48. The second-order valence-corrected chi connectivity index (χ2v) is 24.2. The molecule has 6 heteroatoms. The SMILES string of the molecule is C.CC(C)CN(C)Cc1ccccc1.CC(C)N(C)Cc1ccccc1.CN(C)Cc1ccccc1.Cc1ccc(CN(C)CC(C)C)cc1.Cc1ccc(CN(C)Cc2ccccc2)cc1.Cc1ccc(CN(C)Cc2ccccc2)cc1. The van der Waals surface area contributed by atoms with E-state index in [1.54, 1.807) is 0 Å². The maximum atomic E-state index is 2.37. The summed E-state index contributed by atoms with van der Waals surface area (Å²) in [4.78, 5) is 13.9. The fourth-order valence-corrected chi connectivity index (χ4v) is 9.19. The van der Waals surface area contributed by atoms with Crippen molar-refractivity contribution < 1.29 is 0 Å². The molecule has 0 amide bonds. The van der Waals surface area contributed by atoms with E-state index < -0.39 is 0 Å². The summed E-state index contributed by atoms with van der Waals surface area (Å²) < 4.78 is 0. The third kappa shape index (κ3) is 36.3. The van der Waals surface area contributed by atoms with Gasteiger partial charge < -0.3 is 14.7 Å². The van der Waals surface area contributed by atoms with Crippen LogP contribution in [0.15, 0.2) is 224 Å². The van der Waals surface area contributed by atoms with Crippen LogP contribution in [0.1, 0.15) is 110 Å². The van der Waals surface area contributed by atoms with Crippen molar-refractivity contribution in [3.05, 3.63) is 286 Å². The molecule has 0 unspecified atom stereocenters. The molecule has 84 heavy (non-hydrogen) atoms. The lowest BCUT2D eigenvalue weighted by atomic mass is 10.1. The summed E-state index contributed by atoms with van der Waals surface area (Å²) in [6, 6.07) is 79.7. The quantitative estimate of drug-likeness (QED) is 0.0709. The van der Waals surface area contributed by atoms with Crippen LogP contribution in [0.3, 0.4) is 0 Å². The highest BCUT2D eigenvalue weighted by Crippen LogP contribution is 2.13. The van der Waals surface area contributed by atoms with Crippen molar-refractivity contribution >= 4 is 0 Å². The zero-order chi connectivity index (χ0) is 60.8. The first kappa shape index (κ1) is 73.6. The fraction of sp³-hybridized carbons (Fsp3) is 0.385. The van der Waals surface area contributed by atoms with Gasteiger partial charge in [-0.25, -0.2) is 0 Å². The Hall–Kier alpha value is -6.48. The Balaban J connectivity index is 0.000000346. The van der Waals surface area contributed by atoms with Gasteiger partial charge in [-0.1, -0.05) is 276 Å². The third-order valence-corrected chi connectivity index (χ3v) is 13.5. The molecule has 0 radical (unpaired) electrons. The normalized spacial score (nSPS) is 10.8. The van der Waals surface area contributed by atoms with Crippen molar-refractivity contribution in [3.63, 3.8) is 0 Å². The molecule has 6 nitrogen and oxygen atoms in total. The van der Waals surface area contributed by atoms with Crippen LogP contribution < -0.4 is 0 Å². The van der Waals surface area contributed by atoms with Crippen molar-refractivity contribution in [3.8, 4) is 0 Å². The molecule has 454 valence electrons. The van der Waals surface area contributed by atoms with E-state index in [1.807, 2.05) is 6.07 Å². The smallest absolute Gasteiger partial charge is 0.0234 e. The highest BCUT2D eigenvalue weighted by molar-refractivity contribution is 5.24. The molecule has 0 aromatic heterocycles. The second-order valence-electron chi connectivity index (χ2n) is 24.2. The molecule has 8 aromatic rings. The molecule has 0 saturated heterocycles. The van der Waals surface area contributed by atoms with Crippen molar-refractivity contribution in [2.45, 2.75) is 128 Å². The molecule has 0 N–H and O–H groups in total. The Kier molecular flexibility index (Phi) is 37.9. The highest BCUT2D eigenvalue weighted by Gasteiger charge is 2.06. The van der Waals surface area contributed by atoms with Gasteiger partial charge in [0, 0.05) is 71.5 Å². The minimum Gasteiger partial charge on any atom is -0.305 e. The molecule has 0 atom stereocenters. The molecule has 0 bridgehead atoms. The average molecular weight is 1130 g/mol. The molecular formula is C78H112N6. The largest absolute Gasteiger partial charge is 0.305 e. The van der Waals surface area contributed by atoms with Gasteiger partial charge >= 0.3 is 0 Å². The van der Waals surface area contributed by atoms with E-state index in [2.05, 4.69) is 359 Å². The molecule has 0 saturated carbocycles. The molecule has 0 fully saturated rings. The maximum absolute atomic E-state index is 2.37. The van der Waals surface area contributed by atoms with Gasteiger partial charge in [0.05, 0.1) is 0 Å². The number of rotatable bonds is 21. The Labute approximate surface area is 514 Å². The summed E-state index contributed by atoms with van der Waals surface area (Å²) in [6.07, 6.45) is 0.